The largest absolute Gasteiger partial charge is 0.494 e. The highest BCUT2D eigenvalue weighted by atomic mass is 16.5. The Morgan fingerprint density at radius 1 is 1.32 bits per heavy atom. The van der Waals surface area contributed by atoms with Crippen molar-refractivity contribution in [1.82, 2.24) is 5.32 Å². The zero-order valence-electron chi connectivity index (χ0n) is 12.8. The summed E-state index contributed by atoms with van der Waals surface area (Å²) >= 11 is 0. The minimum absolute atomic E-state index is 0.0936. The van der Waals surface area contributed by atoms with E-state index in [2.05, 4.69) is 5.32 Å². The number of carbonyl (C=O) groups is 1. The summed E-state index contributed by atoms with van der Waals surface area (Å²) in [4.78, 5) is 12.0. The van der Waals surface area contributed by atoms with E-state index in [4.69, 9.17) is 9.15 Å². The molecule has 5 heteroatoms. The van der Waals surface area contributed by atoms with Crippen LogP contribution in [0, 0.1) is 0 Å². The SMILES string of the molecule is CCOc1ccc(CC(=O)NCC(C)(O)c2ccco2)cc1. The summed E-state index contributed by atoms with van der Waals surface area (Å²) in [6.07, 6.45) is 1.74. The van der Waals surface area contributed by atoms with Gasteiger partial charge in [0.1, 0.15) is 17.1 Å². The molecule has 0 radical (unpaired) electrons. The quantitative estimate of drug-likeness (QED) is 0.823. The van der Waals surface area contributed by atoms with Crippen molar-refractivity contribution in [1.29, 1.82) is 0 Å². The monoisotopic (exact) mass is 303 g/mol. The summed E-state index contributed by atoms with van der Waals surface area (Å²) in [5.41, 5.74) is -0.337. The smallest absolute Gasteiger partial charge is 0.224 e. The molecule has 1 aromatic carbocycles. The molecule has 0 aliphatic heterocycles. The van der Waals surface area contributed by atoms with Crippen molar-refractivity contribution >= 4 is 5.91 Å². The van der Waals surface area contributed by atoms with Crippen molar-refractivity contribution in [3.63, 3.8) is 0 Å². The zero-order valence-corrected chi connectivity index (χ0v) is 12.8. The number of nitrogens with one attached hydrogen (secondary N) is 1. The van der Waals surface area contributed by atoms with Gasteiger partial charge in [0, 0.05) is 0 Å². The molecule has 2 rings (SSSR count). The summed E-state index contributed by atoms with van der Waals surface area (Å²) in [6, 6.07) is 10.8. The molecule has 1 aromatic heterocycles. The van der Waals surface area contributed by atoms with Crippen molar-refractivity contribution in [3.05, 3.63) is 54.0 Å². The van der Waals surface area contributed by atoms with Crippen molar-refractivity contribution in [2.75, 3.05) is 13.2 Å². The topological polar surface area (TPSA) is 71.7 Å². The fourth-order valence-electron chi connectivity index (χ4n) is 2.06. The van der Waals surface area contributed by atoms with E-state index < -0.39 is 5.60 Å². The average Bonchev–Trinajstić information content (AvgIpc) is 3.03. The van der Waals surface area contributed by atoms with Crippen LogP contribution in [0.5, 0.6) is 5.75 Å². The minimum atomic E-state index is -1.22. The fraction of sp³-hybridized carbons (Fsp3) is 0.353. The number of ether oxygens (including phenoxy) is 1. The lowest BCUT2D eigenvalue weighted by molar-refractivity contribution is -0.121. The number of benzene rings is 1. The molecule has 0 fully saturated rings. The van der Waals surface area contributed by atoms with Gasteiger partial charge in [-0.05, 0) is 43.7 Å². The Labute approximate surface area is 129 Å². The van der Waals surface area contributed by atoms with Gasteiger partial charge in [-0.2, -0.15) is 0 Å². The van der Waals surface area contributed by atoms with Gasteiger partial charge < -0.3 is 19.6 Å². The first-order valence-corrected chi connectivity index (χ1v) is 7.26. The Bertz CT molecular complexity index is 588. The molecular formula is C17H21NO4. The first kappa shape index (κ1) is 16.1. The number of carbonyl (C=O) groups excluding carboxylic acids is 1. The molecule has 1 amide bonds. The van der Waals surface area contributed by atoms with E-state index in [0.29, 0.717) is 12.4 Å². The second kappa shape index (κ2) is 7.13. The fourth-order valence-corrected chi connectivity index (χ4v) is 2.06. The van der Waals surface area contributed by atoms with Gasteiger partial charge in [-0.15, -0.1) is 0 Å². The van der Waals surface area contributed by atoms with E-state index in [-0.39, 0.29) is 18.9 Å². The van der Waals surface area contributed by atoms with Crippen LogP contribution in [0.2, 0.25) is 0 Å². The second-order valence-electron chi connectivity index (χ2n) is 5.28. The summed E-state index contributed by atoms with van der Waals surface area (Å²) < 4.78 is 10.5. The summed E-state index contributed by atoms with van der Waals surface area (Å²) in [6.45, 7) is 4.23. The molecule has 1 unspecified atom stereocenters. The number of hydrogen-bond acceptors (Lipinski definition) is 4. The Morgan fingerprint density at radius 2 is 2.05 bits per heavy atom. The molecule has 0 saturated heterocycles. The van der Waals surface area contributed by atoms with E-state index >= 15 is 0 Å². The Morgan fingerprint density at radius 3 is 2.64 bits per heavy atom. The van der Waals surface area contributed by atoms with E-state index in [9.17, 15) is 9.90 Å². The first-order valence-electron chi connectivity index (χ1n) is 7.26. The predicted octanol–water partition coefficient (Wildman–Crippen LogP) is 2.24. The molecule has 2 N–H and O–H groups in total. The third kappa shape index (κ3) is 4.36. The van der Waals surface area contributed by atoms with Crippen LogP contribution < -0.4 is 10.1 Å². The molecule has 0 bridgehead atoms. The van der Waals surface area contributed by atoms with Gasteiger partial charge in [-0.25, -0.2) is 0 Å². The number of amides is 1. The lowest BCUT2D eigenvalue weighted by Gasteiger charge is -2.21. The second-order valence-corrected chi connectivity index (χ2v) is 5.28. The summed E-state index contributed by atoms with van der Waals surface area (Å²) in [7, 11) is 0. The van der Waals surface area contributed by atoms with E-state index in [0.717, 1.165) is 11.3 Å². The molecule has 1 heterocycles. The third-order valence-corrected chi connectivity index (χ3v) is 3.28. The van der Waals surface area contributed by atoms with Crippen LogP contribution in [0.3, 0.4) is 0 Å². The van der Waals surface area contributed by atoms with Gasteiger partial charge in [0.15, 0.2) is 0 Å². The molecule has 0 aliphatic rings. The molecular weight excluding hydrogens is 282 g/mol. The predicted molar refractivity (Wildman–Crippen MR) is 82.6 cm³/mol. The third-order valence-electron chi connectivity index (χ3n) is 3.28. The van der Waals surface area contributed by atoms with Crippen LogP contribution in [0.25, 0.3) is 0 Å². The van der Waals surface area contributed by atoms with Gasteiger partial charge in [0.05, 0.1) is 25.8 Å². The zero-order chi connectivity index (χ0) is 16.0. The maximum Gasteiger partial charge on any atom is 0.224 e. The van der Waals surface area contributed by atoms with Crippen LogP contribution in [0.4, 0.5) is 0 Å². The highest BCUT2D eigenvalue weighted by molar-refractivity contribution is 5.78. The molecule has 0 spiro atoms. The van der Waals surface area contributed by atoms with Gasteiger partial charge in [-0.3, -0.25) is 4.79 Å². The van der Waals surface area contributed by atoms with Crippen molar-refractivity contribution in [3.8, 4) is 5.75 Å². The first-order chi connectivity index (χ1) is 10.5. The Hall–Kier alpha value is -2.27. The van der Waals surface area contributed by atoms with Crippen molar-refractivity contribution < 1.29 is 19.1 Å². The average molecular weight is 303 g/mol. The standard InChI is InChI=1S/C17H21NO4/c1-3-21-14-8-6-13(7-9-14)11-16(19)18-12-17(2,20)15-5-4-10-22-15/h4-10,20H,3,11-12H2,1-2H3,(H,18,19). The number of rotatable bonds is 7. The van der Waals surface area contributed by atoms with Crippen LogP contribution >= 0.6 is 0 Å². The molecule has 22 heavy (non-hydrogen) atoms. The van der Waals surface area contributed by atoms with Crippen molar-refractivity contribution in [2.45, 2.75) is 25.9 Å². The Kier molecular flexibility index (Phi) is 5.22. The van der Waals surface area contributed by atoms with Gasteiger partial charge >= 0.3 is 0 Å². The molecule has 1 atom stereocenters. The molecule has 0 saturated carbocycles. The molecule has 2 aromatic rings. The number of hydrogen-bond donors (Lipinski definition) is 2. The van der Waals surface area contributed by atoms with Crippen LogP contribution in [-0.4, -0.2) is 24.2 Å². The normalized spacial score (nSPS) is 13.4. The maximum atomic E-state index is 12.0. The highest BCUT2D eigenvalue weighted by Crippen LogP contribution is 2.19. The lowest BCUT2D eigenvalue weighted by atomic mass is 10.0. The van der Waals surface area contributed by atoms with E-state index in [1.54, 1.807) is 19.1 Å². The molecule has 0 aliphatic carbocycles. The van der Waals surface area contributed by atoms with E-state index in [1.165, 1.54) is 6.26 Å². The van der Waals surface area contributed by atoms with Gasteiger partial charge in [0.25, 0.3) is 0 Å². The molecule has 118 valence electrons. The maximum absolute atomic E-state index is 12.0. The Balaban J connectivity index is 1.85. The van der Waals surface area contributed by atoms with Crippen LogP contribution in [0.15, 0.2) is 47.1 Å². The summed E-state index contributed by atoms with van der Waals surface area (Å²) in [5, 5.41) is 13.0. The van der Waals surface area contributed by atoms with Crippen LogP contribution in [0.1, 0.15) is 25.2 Å². The number of furan rings is 1. The molecule has 5 nitrogen and oxygen atoms in total. The summed E-state index contributed by atoms with van der Waals surface area (Å²) in [5.74, 6) is 1.05. The highest BCUT2D eigenvalue weighted by Gasteiger charge is 2.26. The van der Waals surface area contributed by atoms with E-state index in [1.807, 2.05) is 31.2 Å². The lowest BCUT2D eigenvalue weighted by Crippen LogP contribution is -2.39. The minimum Gasteiger partial charge on any atom is -0.494 e. The van der Waals surface area contributed by atoms with Gasteiger partial charge in [0.2, 0.25) is 5.91 Å². The van der Waals surface area contributed by atoms with Crippen molar-refractivity contribution in [2.24, 2.45) is 0 Å². The number of aliphatic hydroxyl groups is 1. The van der Waals surface area contributed by atoms with Crippen LogP contribution in [-0.2, 0) is 16.8 Å². The van der Waals surface area contributed by atoms with Gasteiger partial charge in [-0.1, -0.05) is 12.1 Å².